The lowest BCUT2D eigenvalue weighted by atomic mass is 10.2. The van der Waals surface area contributed by atoms with Crippen LogP contribution in [0, 0.1) is 0 Å². The van der Waals surface area contributed by atoms with Crippen LogP contribution in [0.5, 0.6) is 0 Å². The number of hydrogen-bond acceptors (Lipinski definition) is 3. The topological polar surface area (TPSA) is 49.4 Å². The predicted molar refractivity (Wildman–Crippen MR) is 39.4 cm³/mol. The van der Waals surface area contributed by atoms with Gasteiger partial charge in [-0.3, -0.25) is 14.5 Å². The fraction of sp³-hybridized carbons (Fsp3) is 0.333. The molecule has 4 nitrogen and oxygen atoms in total. The van der Waals surface area contributed by atoms with Gasteiger partial charge in [0.2, 0.25) is 7.98 Å². The molecule has 0 aliphatic carbocycles. The average molecular weight is 150 g/mol. The Hall–Kier alpha value is -1.26. The van der Waals surface area contributed by atoms with Gasteiger partial charge in [-0.1, -0.05) is 0 Å². The van der Waals surface area contributed by atoms with E-state index >= 15 is 0 Å². The van der Waals surface area contributed by atoms with Gasteiger partial charge >= 0.3 is 0 Å². The molecule has 11 heavy (non-hydrogen) atoms. The molecule has 1 aliphatic rings. The number of amides is 2. The lowest BCUT2D eigenvalue weighted by molar-refractivity contribution is -0.136. The van der Waals surface area contributed by atoms with E-state index in [0.717, 1.165) is 4.90 Å². The summed E-state index contributed by atoms with van der Waals surface area (Å²) in [7, 11) is 6.45. The molecule has 2 radical (unpaired) electrons. The Kier molecular flexibility index (Phi) is 1.72. The molecule has 1 heterocycles. The first-order valence-electron chi connectivity index (χ1n) is 3.09. The molecular formula is C6H7BN2O2. The Bertz CT molecular complexity index is 259. The number of carbonyl (C=O) groups is 2. The maximum atomic E-state index is 11.1. The van der Waals surface area contributed by atoms with Crippen LogP contribution in [-0.2, 0) is 9.59 Å². The van der Waals surface area contributed by atoms with Crippen LogP contribution in [0.2, 0.25) is 0 Å². The fourth-order valence-electron chi connectivity index (χ4n) is 0.949. The summed E-state index contributed by atoms with van der Waals surface area (Å²) in [6.45, 7) is 1.55. The van der Waals surface area contributed by atoms with Gasteiger partial charge in [-0.15, -0.1) is 0 Å². The van der Waals surface area contributed by atoms with Crippen molar-refractivity contribution in [3.05, 3.63) is 11.3 Å². The van der Waals surface area contributed by atoms with Crippen molar-refractivity contribution in [1.82, 2.24) is 10.1 Å². The molecule has 0 saturated carbocycles. The highest BCUT2D eigenvalue weighted by Gasteiger charge is 2.31. The molecule has 0 bridgehead atoms. The van der Waals surface area contributed by atoms with Gasteiger partial charge in [0.05, 0.1) is 5.70 Å². The van der Waals surface area contributed by atoms with Crippen molar-refractivity contribution in [1.29, 1.82) is 0 Å². The van der Waals surface area contributed by atoms with Crippen molar-refractivity contribution in [3.63, 3.8) is 0 Å². The number of rotatable bonds is 1. The lowest BCUT2D eigenvalue weighted by Crippen LogP contribution is -2.29. The number of carbonyl (C=O) groups excluding carboxylic acids is 2. The summed E-state index contributed by atoms with van der Waals surface area (Å²) < 4.78 is 0. The SMILES string of the molecule is [B]NC1=C(C)C(=O)N(C)C1=O. The number of nitrogens with zero attached hydrogens (tertiary/aromatic N) is 1. The van der Waals surface area contributed by atoms with Gasteiger partial charge in [-0.25, -0.2) is 0 Å². The first-order chi connectivity index (χ1) is 5.09. The zero-order valence-electron chi connectivity index (χ0n) is 6.34. The van der Waals surface area contributed by atoms with Crippen molar-refractivity contribution in [2.45, 2.75) is 6.92 Å². The second kappa shape index (κ2) is 2.41. The van der Waals surface area contributed by atoms with E-state index < -0.39 is 0 Å². The molecule has 0 aromatic rings. The second-order valence-corrected chi connectivity index (χ2v) is 2.31. The number of likely N-dealkylation sites (N-methyl/N-ethyl adjacent to an activating group) is 1. The molecule has 1 rings (SSSR count). The largest absolute Gasteiger partial charge is 0.432 e. The van der Waals surface area contributed by atoms with E-state index in [-0.39, 0.29) is 17.5 Å². The van der Waals surface area contributed by atoms with Crippen LogP contribution in [0.15, 0.2) is 11.3 Å². The van der Waals surface area contributed by atoms with Gasteiger partial charge in [-0.05, 0) is 6.92 Å². The zero-order chi connectivity index (χ0) is 8.59. The number of hydrogen-bond donors (Lipinski definition) is 1. The Morgan fingerprint density at radius 1 is 1.36 bits per heavy atom. The van der Waals surface area contributed by atoms with E-state index in [1.807, 2.05) is 0 Å². The molecule has 0 saturated heterocycles. The summed E-state index contributed by atoms with van der Waals surface area (Å²) in [6.07, 6.45) is 0. The van der Waals surface area contributed by atoms with Crippen LogP contribution >= 0.6 is 0 Å². The van der Waals surface area contributed by atoms with E-state index in [2.05, 4.69) is 5.23 Å². The molecule has 5 heteroatoms. The number of imide groups is 1. The minimum atomic E-state index is -0.380. The Morgan fingerprint density at radius 3 is 2.09 bits per heavy atom. The normalized spacial score (nSPS) is 18.2. The molecular weight excluding hydrogens is 143 g/mol. The summed E-state index contributed by atoms with van der Waals surface area (Å²) in [5.41, 5.74) is 0.539. The minimum Gasteiger partial charge on any atom is -0.432 e. The van der Waals surface area contributed by atoms with Gasteiger partial charge in [0.1, 0.15) is 0 Å². The Balaban J connectivity index is 3.08. The molecule has 1 N–H and O–H groups in total. The van der Waals surface area contributed by atoms with Crippen LogP contribution < -0.4 is 5.23 Å². The molecule has 0 aromatic heterocycles. The van der Waals surface area contributed by atoms with E-state index in [4.69, 9.17) is 7.98 Å². The molecule has 0 aromatic carbocycles. The zero-order valence-corrected chi connectivity index (χ0v) is 6.34. The summed E-state index contributed by atoms with van der Waals surface area (Å²) in [4.78, 5) is 23.1. The minimum absolute atomic E-state index is 0.178. The molecule has 0 fully saturated rings. The quantitative estimate of drug-likeness (QED) is 0.382. The van der Waals surface area contributed by atoms with Crippen LogP contribution in [0.3, 0.4) is 0 Å². The van der Waals surface area contributed by atoms with Gasteiger partial charge < -0.3 is 5.23 Å². The molecule has 56 valence electrons. The third kappa shape index (κ3) is 0.924. The van der Waals surface area contributed by atoms with Crippen LogP contribution in [0.25, 0.3) is 0 Å². The lowest BCUT2D eigenvalue weighted by Gasteiger charge is -2.05. The van der Waals surface area contributed by atoms with Crippen LogP contribution in [0.1, 0.15) is 6.92 Å². The summed E-state index contributed by atoms with van der Waals surface area (Å²) >= 11 is 0. The highest BCUT2D eigenvalue weighted by atomic mass is 16.2. The van der Waals surface area contributed by atoms with Crippen molar-refractivity contribution >= 4 is 19.8 Å². The summed E-state index contributed by atoms with van der Waals surface area (Å²) in [5, 5.41) is 2.19. The van der Waals surface area contributed by atoms with Crippen molar-refractivity contribution in [2.75, 3.05) is 7.05 Å². The van der Waals surface area contributed by atoms with Gasteiger partial charge in [0.15, 0.2) is 0 Å². The Morgan fingerprint density at radius 2 is 1.91 bits per heavy atom. The van der Waals surface area contributed by atoms with Crippen LogP contribution in [-0.4, -0.2) is 31.7 Å². The highest BCUT2D eigenvalue weighted by molar-refractivity contribution is 6.22. The molecule has 0 spiro atoms. The number of nitrogens with one attached hydrogen (secondary N) is 1. The first-order valence-corrected chi connectivity index (χ1v) is 3.09. The summed E-state index contributed by atoms with van der Waals surface area (Å²) in [6, 6.07) is 0. The van der Waals surface area contributed by atoms with Gasteiger partial charge in [0, 0.05) is 12.6 Å². The van der Waals surface area contributed by atoms with Gasteiger partial charge in [0.25, 0.3) is 11.8 Å². The third-order valence-corrected chi connectivity index (χ3v) is 1.66. The summed E-state index contributed by atoms with van der Waals surface area (Å²) in [5.74, 6) is -0.682. The molecule has 0 atom stereocenters. The Labute approximate surface area is 65.7 Å². The van der Waals surface area contributed by atoms with E-state index in [9.17, 15) is 9.59 Å². The predicted octanol–water partition coefficient (Wildman–Crippen LogP) is -1.07. The van der Waals surface area contributed by atoms with Gasteiger partial charge in [-0.2, -0.15) is 0 Å². The first kappa shape index (κ1) is 7.85. The van der Waals surface area contributed by atoms with Crippen molar-refractivity contribution in [3.8, 4) is 0 Å². The van der Waals surface area contributed by atoms with Crippen molar-refractivity contribution < 1.29 is 9.59 Å². The van der Waals surface area contributed by atoms with Crippen LogP contribution in [0.4, 0.5) is 0 Å². The van der Waals surface area contributed by atoms with E-state index in [1.165, 1.54) is 7.05 Å². The van der Waals surface area contributed by atoms with E-state index in [0.29, 0.717) is 5.57 Å². The smallest absolute Gasteiger partial charge is 0.275 e. The second-order valence-electron chi connectivity index (χ2n) is 2.31. The van der Waals surface area contributed by atoms with E-state index in [1.54, 1.807) is 6.92 Å². The average Bonchev–Trinajstić information content (AvgIpc) is 2.17. The third-order valence-electron chi connectivity index (χ3n) is 1.66. The maximum absolute atomic E-state index is 11.1. The molecule has 1 aliphatic heterocycles. The highest BCUT2D eigenvalue weighted by Crippen LogP contribution is 2.15. The standard InChI is InChI=1S/C6H7BN2O2/c1-3-4(8-7)6(11)9(2)5(3)10/h8H,1-2H3. The maximum Gasteiger partial charge on any atom is 0.275 e. The molecule has 0 unspecified atom stereocenters. The monoisotopic (exact) mass is 150 g/mol. The fourth-order valence-corrected chi connectivity index (χ4v) is 0.949. The molecule has 2 amide bonds. The van der Waals surface area contributed by atoms with Crippen molar-refractivity contribution in [2.24, 2.45) is 0 Å².